The van der Waals surface area contributed by atoms with Gasteiger partial charge in [-0.15, -0.1) is 11.8 Å². The van der Waals surface area contributed by atoms with Crippen LogP contribution in [0.15, 0.2) is 47.4 Å². The fourth-order valence-corrected chi connectivity index (χ4v) is 3.07. The fraction of sp³-hybridized carbons (Fsp3) is 0.294. The van der Waals surface area contributed by atoms with Crippen molar-refractivity contribution in [1.29, 1.82) is 0 Å². The summed E-state index contributed by atoms with van der Waals surface area (Å²) in [6.45, 7) is 4.18. The average Bonchev–Trinajstić information content (AvgIpc) is 2.50. The highest BCUT2D eigenvalue weighted by Gasteiger charge is 2.01. The van der Waals surface area contributed by atoms with Gasteiger partial charge in [-0.3, -0.25) is 0 Å². The van der Waals surface area contributed by atoms with Crippen LogP contribution in [0.5, 0.6) is 0 Å². The van der Waals surface area contributed by atoms with Gasteiger partial charge in [0.15, 0.2) is 0 Å². The van der Waals surface area contributed by atoms with E-state index in [1.165, 1.54) is 16.0 Å². The molecule has 0 amide bonds. The van der Waals surface area contributed by atoms with E-state index >= 15 is 0 Å². The molecule has 1 N–H and O–H groups in total. The maximum absolute atomic E-state index is 6.03. The quantitative estimate of drug-likeness (QED) is 0.506. The molecule has 0 saturated carbocycles. The number of halogens is 2. The average molecular weight is 340 g/mol. The number of benzene rings is 2. The first kappa shape index (κ1) is 16.7. The first-order chi connectivity index (χ1) is 10.2. The molecule has 21 heavy (non-hydrogen) atoms. The topological polar surface area (TPSA) is 12.0 Å². The van der Waals surface area contributed by atoms with Gasteiger partial charge in [-0.2, -0.15) is 0 Å². The lowest BCUT2D eigenvalue weighted by Gasteiger charge is -2.06. The Kier molecular flexibility index (Phi) is 6.91. The van der Waals surface area contributed by atoms with Gasteiger partial charge in [0.05, 0.1) is 10.0 Å². The van der Waals surface area contributed by atoms with Gasteiger partial charge in [0, 0.05) is 17.2 Å². The van der Waals surface area contributed by atoms with Crippen molar-refractivity contribution in [2.45, 2.75) is 30.5 Å². The van der Waals surface area contributed by atoms with Crippen molar-refractivity contribution in [3.05, 3.63) is 63.6 Å². The number of hydrogen-bond donors (Lipinski definition) is 1. The zero-order chi connectivity index (χ0) is 15.1. The van der Waals surface area contributed by atoms with Crippen LogP contribution in [0.2, 0.25) is 10.0 Å². The molecule has 2 aromatic rings. The van der Waals surface area contributed by atoms with Gasteiger partial charge < -0.3 is 5.32 Å². The van der Waals surface area contributed by atoms with Crippen LogP contribution in [0.1, 0.15) is 24.5 Å². The Labute approximate surface area is 141 Å². The van der Waals surface area contributed by atoms with E-state index in [0.29, 0.717) is 10.0 Å². The van der Waals surface area contributed by atoms with Crippen molar-refractivity contribution in [2.75, 3.05) is 6.54 Å². The molecule has 0 aliphatic carbocycles. The second-order valence-corrected chi connectivity index (χ2v) is 6.72. The molecule has 0 saturated heterocycles. The van der Waals surface area contributed by atoms with Crippen LogP contribution < -0.4 is 5.32 Å². The van der Waals surface area contributed by atoms with Crippen LogP contribution in [-0.4, -0.2) is 6.54 Å². The smallest absolute Gasteiger partial charge is 0.0595 e. The highest BCUT2D eigenvalue weighted by molar-refractivity contribution is 7.98. The molecule has 0 radical (unpaired) electrons. The zero-order valence-corrected chi connectivity index (χ0v) is 14.4. The van der Waals surface area contributed by atoms with Crippen LogP contribution in [0.4, 0.5) is 0 Å². The third-order valence-electron chi connectivity index (χ3n) is 3.07. The third kappa shape index (κ3) is 5.55. The van der Waals surface area contributed by atoms with Gasteiger partial charge in [0.25, 0.3) is 0 Å². The fourth-order valence-electron chi connectivity index (χ4n) is 1.91. The number of thioether (sulfide) groups is 1. The summed E-state index contributed by atoms with van der Waals surface area (Å²) in [6, 6.07) is 14.5. The summed E-state index contributed by atoms with van der Waals surface area (Å²) in [5, 5.41) is 4.63. The van der Waals surface area contributed by atoms with Crippen molar-refractivity contribution >= 4 is 35.0 Å². The minimum absolute atomic E-state index is 0.606. The van der Waals surface area contributed by atoms with E-state index in [2.05, 4.69) is 36.5 Å². The Morgan fingerprint density at radius 3 is 2.33 bits per heavy atom. The van der Waals surface area contributed by atoms with Crippen molar-refractivity contribution in [2.24, 2.45) is 0 Å². The maximum Gasteiger partial charge on any atom is 0.0595 e. The summed E-state index contributed by atoms with van der Waals surface area (Å²) in [6.07, 6.45) is 1.16. The molecule has 0 heterocycles. The van der Waals surface area contributed by atoms with E-state index in [4.69, 9.17) is 23.2 Å². The monoisotopic (exact) mass is 339 g/mol. The summed E-state index contributed by atoms with van der Waals surface area (Å²) in [5.74, 6) is 0.893. The molecule has 0 atom stereocenters. The van der Waals surface area contributed by atoms with E-state index in [0.717, 1.165) is 25.3 Å². The van der Waals surface area contributed by atoms with Crippen LogP contribution in [0.25, 0.3) is 0 Å². The first-order valence-corrected chi connectivity index (χ1v) is 8.79. The molecule has 1 nitrogen and oxygen atoms in total. The molecule has 0 aliphatic heterocycles. The van der Waals surface area contributed by atoms with Gasteiger partial charge in [0.2, 0.25) is 0 Å². The molecule has 0 fully saturated rings. The summed E-state index contributed by atoms with van der Waals surface area (Å²) >= 11 is 13.8. The van der Waals surface area contributed by atoms with Gasteiger partial charge >= 0.3 is 0 Å². The van der Waals surface area contributed by atoms with E-state index in [9.17, 15) is 0 Å². The molecule has 0 bridgehead atoms. The summed E-state index contributed by atoms with van der Waals surface area (Å²) in [7, 11) is 0. The number of hydrogen-bond acceptors (Lipinski definition) is 2. The zero-order valence-electron chi connectivity index (χ0n) is 12.0. The van der Waals surface area contributed by atoms with Crippen molar-refractivity contribution in [3.8, 4) is 0 Å². The summed E-state index contributed by atoms with van der Waals surface area (Å²) in [5.41, 5.74) is 2.51. The first-order valence-electron chi connectivity index (χ1n) is 7.05. The van der Waals surface area contributed by atoms with Crippen LogP contribution in [-0.2, 0) is 12.3 Å². The Balaban J connectivity index is 1.86. The molecule has 0 spiro atoms. The van der Waals surface area contributed by atoms with Gasteiger partial charge in [0.1, 0.15) is 0 Å². The minimum Gasteiger partial charge on any atom is -0.313 e. The molecule has 2 aromatic carbocycles. The Hall–Kier alpha value is -0.670. The SMILES string of the molecule is CCCNCc1ccc(SCc2ccc(Cl)c(Cl)c2)cc1. The largest absolute Gasteiger partial charge is 0.313 e. The number of nitrogens with one attached hydrogen (secondary N) is 1. The molecule has 4 heteroatoms. The van der Waals surface area contributed by atoms with Crippen molar-refractivity contribution in [1.82, 2.24) is 5.32 Å². The third-order valence-corrected chi connectivity index (χ3v) is 4.89. The highest BCUT2D eigenvalue weighted by Crippen LogP contribution is 2.27. The lowest BCUT2D eigenvalue weighted by molar-refractivity contribution is 0.675. The van der Waals surface area contributed by atoms with E-state index < -0.39 is 0 Å². The molecule has 0 aliphatic rings. The predicted octanol–water partition coefficient (Wildman–Crippen LogP) is 5.79. The lowest BCUT2D eigenvalue weighted by atomic mass is 10.2. The molecule has 2 rings (SSSR count). The highest BCUT2D eigenvalue weighted by atomic mass is 35.5. The van der Waals surface area contributed by atoms with Gasteiger partial charge in [-0.1, -0.05) is 48.3 Å². The Morgan fingerprint density at radius 1 is 0.952 bits per heavy atom. The normalized spacial score (nSPS) is 10.8. The van der Waals surface area contributed by atoms with Crippen LogP contribution in [0, 0.1) is 0 Å². The van der Waals surface area contributed by atoms with Crippen molar-refractivity contribution in [3.63, 3.8) is 0 Å². The molecular weight excluding hydrogens is 321 g/mol. The standard InChI is InChI=1S/C17H19Cl2NS/c1-2-9-20-11-13-3-6-15(7-4-13)21-12-14-5-8-16(18)17(19)10-14/h3-8,10,20H,2,9,11-12H2,1H3. The Morgan fingerprint density at radius 2 is 1.67 bits per heavy atom. The van der Waals surface area contributed by atoms with Gasteiger partial charge in [-0.25, -0.2) is 0 Å². The molecular formula is C17H19Cl2NS. The summed E-state index contributed by atoms with van der Waals surface area (Å²) < 4.78 is 0. The van der Waals surface area contributed by atoms with E-state index in [1.54, 1.807) is 11.8 Å². The van der Waals surface area contributed by atoms with Crippen molar-refractivity contribution < 1.29 is 0 Å². The second-order valence-electron chi connectivity index (χ2n) is 4.86. The number of rotatable bonds is 7. The van der Waals surface area contributed by atoms with Crippen LogP contribution in [0.3, 0.4) is 0 Å². The molecule has 0 unspecified atom stereocenters. The van der Waals surface area contributed by atoms with E-state index in [-0.39, 0.29) is 0 Å². The Bertz CT molecular complexity index is 570. The van der Waals surface area contributed by atoms with Crippen LogP contribution >= 0.6 is 35.0 Å². The maximum atomic E-state index is 6.03. The lowest BCUT2D eigenvalue weighted by Crippen LogP contribution is -2.13. The molecule has 112 valence electrons. The second kappa shape index (κ2) is 8.70. The van der Waals surface area contributed by atoms with E-state index in [1.807, 2.05) is 18.2 Å². The summed E-state index contributed by atoms with van der Waals surface area (Å²) in [4.78, 5) is 1.26. The molecule has 0 aromatic heterocycles. The predicted molar refractivity (Wildman–Crippen MR) is 94.5 cm³/mol. The minimum atomic E-state index is 0.606. The van der Waals surface area contributed by atoms with Gasteiger partial charge in [-0.05, 0) is 48.4 Å².